The summed E-state index contributed by atoms with van der Waals surface area (Å²) >= 11 is 0. The van der Waals surface area contributed by atoms with E-state index in [1.807, 2.05) is 72.8 Å². The lowest BCUT2D eigenvalue weighted by molar-refractivity contribution is 0.408. The first kappa shape index (κ1) is 41.9. The second kappa shape index (κ2) is 19.4. The van der Waals surface area contributed by atoms with Gasteiger partial charge in [-0.25, -0.2) is 0 Å². The molecule has 0 atom stereocenters. The van der Waals surface area contributed by atoms with Crippen molar-refractivity contribution in [2.24, 2.45) is 0 Å². The van der Waals surface area contributed by atoms with Crippen molar-refractivity contribution in [1.82, 2.24) is 0 Å². The molecule has 0 saturated carbocycles. The summed E-state index contributed by atoms with van der Waals surface area (Å²) in [7, 11) is 10.1. The minimum absolute atomic E-state index is 0.0431. The average Bonchev–Trinajstić information content (AvgIpc) is 3.21. The van der Waals surface area contributed by atoms with E-state index in [9.17, 15) is 0 Å². The normalized spacial score (nSPS) is 10.5. The Kier molecular flexibility index (Phi) is 14.8. The molecular formula is C49H56O6. The highest BCUT2D eigenvalue weighted by Crippen LogP contribution is 2.35. The fourth-order valence-electron chi connectivity index (χ4n) is 6.63. The van der Waals surface area contributed by atoms with Gasteiger partial charge in [0.1, 0.15) is 34.5 Å². The highest BCUT2D eigenvalue weighted by atomic mass is 16.5. The van der Waals surface area contributed by atoms with Gasteiger partial charge in [0.05, 0.1) is 42.7 Å². The Morgan fingerprint density at radius 3 is 0.764 bits per heavy atom. The van der Waals surface area contributed by atoms with Gasteiger partial charge in [0, 0.05) is 5.41 Å². The topological polar surface area (TPSA) is 55.4 Å². The largest absolute Gasteiger partial charge is 0.497 e. The highest BCUT2D eigenvalue weighted by molar-refractivity contribution is 5.70. The highest BCUT2D eigenvalue weighted by Gasteiger charge is 2.23. The van der Waals surface area contributed by atoms with Crippen molar-refractivity contribution < 1.29 is 28.4 Å². The van der Waals surface area contributed by atoms with Crippen molar-refractivity contribution >= 4 is 0 Å². The van der Waals surface area contributed by atoms with Crippen LogP contribution in [0.3, 0.4) is 0 Å². The third-order valence-corrected chi connectivity index (χ3v) is 9.80. The number of hydrogen-bond donors (Lipinski definition) is 0. The molecule has 0 aliphatic rings. The van der Waals surface area contributed by atoms with Crippen LogP contribution in [0.1, 0.15) is 47.2 Å². The standard InChI is InChI=1S/C18H22O2.C17H20O2.C14H14O2/c1-11-7-15(8-12(2)17(11)19-5)16-9-13(3)18(20-6)14(4)10-16;1-17(2,13-5-9-15(18-3)10-6-13)14-7-11-16(19-4)12-8-14;1-15-13-7-3-11(4-8-13)12-5-9-14(16-2)10-6-12/h7-10H,1-6H3;5-12H,1-4H3;3-10H,1-2H3. The molecule has 0 amide bonds. The zero-order valence-corrected chi connectivity index (χ0v) is 34.5. The molecule has 6 aromatic rings. The molecule has 0 spiro atoms. The van der Waals surface area contributed by atoms with Crippen LogP contribution >= 0.6 is 0 Å². The van der Waals surface area contributed by atoms with Crippen LogP contribution in [0.15, 0.2) is 121 Å². The summed E-state index contributed by atoms with van der Waals surface area (Å²) in [6, 6.07) is 41.2. The average molecular weight is 741 g/mol. The molecule has 0 radical (unpaired) electrons. The van der Waals surface area contributed by atoms with E-state index in [1.165, 1.54) is 33.4 Å². The van der Waals surface area contributed by atoms with Crippen LogP contribution < -0.4 is 28.4 Å². The van der Waals surface area contributed by atoms with E-state index >= 15 is 0 Å². The van der Waals surface area contributed by atoms with Gasteiger partial charge < -0.3 is 28.4 Å². The van der Waals surface area contributed by atoms with E-state index in [4.69, 9.17) is 28.4 Å². The Balaban J connectivity index is 0.000000185. The molecule has 6 aromatic carbocycles. The molecular weight excluding hydrogens is 685 g/mol. The first-order valence-corrected chi connectivity index (χ1v) is 18.3. The lowest BCUT2D eigenvalue weighted by Gasteiger charge is -2.26. The molecule has 0 saturated heterocycles. The van der Waals surface area contributed by atoms with E-state index in [0.29, 0.717) is 0 Å². The van der Waals surface area contributed by atoms with Gasteiger partial charge in [0.25, 0.3) is 0 Å². The number of aryl methyl sites for hydroxylation is 4. The molecule has 6 heteroatoms. The molecule has 0 aliphatic heterocycles. The lowest BCUT2D eigenvalue weighted by Crippen LogP contribution is -2.18. The molecule has 0 fully saturated rings. The SMILES string of the molecule is COc1c(C)cc(-c2cc(C)c(OC)c(C)c2)cc1C.COc1ccc(-c2ccc(OC)cc2)cc1.COc1ccc(C(C)(C)c2ccc(OC)cc2)cc1. The predicted octanol–water partition coefficient (Wildman–Crippen LogP) is 12.0. The van der Waals surface area contributed by atoms with Crippen LogP contribution in [0.5, 0.6) is 34.5 Å². The second-order valence-corrected chi connectivity index (χ2v) is 13.8. The molecule has 0 N–H and O–H groups in total. The van der Waals surface area contributed by atoms with Crippen LogP contribution in [0.4, 0.5) is 0 Å². The predicted molar refractivity (Wildman–Crippen MR) is 227 cm³/mol. The molecule has 288 valence electrons. The van der Waals surface area contributed by atoms with Crippen molar-refractivity contribution in [3.8, 4) is 56.8 Å². The van der Waals surface area contributed by atoms with Crippen molar-refractivity contribution in [3.05, 3.63) is 155 Å². The Hall–Kier alpha value is -5.88. The molecule has 0 aromatic heterocycles. The summed E-state index contributed by atoms with van der Waals surface area (Å²) < 4.78 is 31.5. The van der Waals surface area contributed by atoms with Gasteiger partial charge in [-0.3, -0.25) is 0 Å². The van der Waals surface area contributed by atoms with E-state index in [-0.39, 0.29) is 5.41 Å². The van der Waals surface area contributed by atoms with Crippen LogP contribution in [0.2, 0.25) is 0 Å². The Labute approximate surface area is 328 Å². The first-order chi connectivity index (χ1) is 26.4. The van der Waals surface area contributed by atoms with Crippen molar-refractivity contribution in [1.29, 1.82) is 0 Å². The van der Waals surface area contributed by atoms with E-state index in [2.05, 4.69) is 90.1 Å². The minimum atomic E-state index is -0.0431. The van der Waals surface area contributed by atoms with E-state index < -0.39 is 0 Å². The number of hydrogen-bond acceptors (Lipinski definition) is 6. The summed E-state index contributed by atoms with van der Waals surface area (Å²) in [6.07, 6.45) is 0. The summed E-state index contributed by atoms with van der Waals surface area (Å²) in [6.45, 7) is 12.8. The smallest absolute Gasteiger partial charge is 0.124 e. The molecule has 0 heterocycles. The molecule has 6 nitrogen and oxygen atoms in total. The van der Waals surface area contributed by atoms with Crippen molar-refractivity contribution in [3.63, 3.8) is 0 Å². The number of rotatable bonds is 10. The molecule has 0 aliphatic carbocycles. The van der Waals surface area contributed by atoms with Crippen molar-refractivity contribution in [2.45, 2.75) is 47.0 Å². The summed E-state index contributed by atoms with van der Waals surface area (Å²) in [5.74, 6) is 5.45. The summed E-state index contributed by atoms with van der Waals surface area (Å²) in [5.41, 5.74) is 11.9. The quantitative estimate of drug-likeness (QED) is 0.139. The van der Waals surface area contributed by atoms with Gasteiger partial charge in [-0.15, -0.1) is 0 Å². The number of ether oxygens (including phenoxy) is 6. The fraction of sp³-hybridized carbons (Fsp3) is 0.265. The molecule has 0 unspecified atom stereocenters. The summed E-state index contributed by atoms with van der Waals surface area (Å²) in [4.78, 5) is 0. The second-order valence-electron chi connectivity index (χ2n) is 13.8. The molecule has 55 heavy (non-hydrogen) atoms. The van der Waals surface area contributed by atoms with Crippen LogP contribution in [-0.4, -0.2) is 42.7 Å². The maximum absolute atomic E-state index is 5.43. The van der Waals surface area contributed by atoms with Crippen LogP contribution in [0.25, 0.3) is 22.3 Å². The molecule has 0 bridgehead atoms. The Morgan fingerprint density at radius 2 is 0.545 bits per heavy atom. The zero-order chi connectivity index (χ0) is 40.1. The summed E-state index contributed by atoms with van der Waals surface area (Å²) in [5, 5.41) is 0. The van der Waals surface area contributed by atoms with E-state index in [0.717, 1.165) is 56.8 Å². The van der Waals surface area contributed by atoms with Gasteiger partial charge in [-0.2, -0.15) is 0 Å². The Morgan fingerprint density at radius 1 is 0.309 bits per heavy atom. The maximum atomic E-state index is 5.43. The molecule has 6 rings (SSSR count). The fourth-order valence-corrected chi connectivity index (χ4v) is 6.63. The number of benzene rings is 6. The van der Waals surface area contributed by atoms with Gasteiger partial charge in [-0.1, -0.05) is 62.4 Å². The van der Waals surface area contributed by atoms with Gasteiger partial charge in [-0.05, 0) is 156 Å². The van der Waals surface area contributed by atoms with Gasteiger partial charge in [0.2, 0.25) is 0 Å². The van der Waals surface area contributed by atoms with Crippen LogP contribution in [-0.2, 0) is 5.41 Å². The lowest BCUT2D eigenvalue weighted by atomic mass is 9.78. The maximum Gasteiger partial charge on any atom is 0.124 e. The monoisotopic (exact) mass is 740 g/mol. The zero-order valence-electron chi connectivity index (χ0n) is 34.5. The number of methoxy groups -OCH3 is 6. The van der Waals surface area contributed by atoms with Gasteiger partial charge >= 0.3 is 0 Å². The van der Waals surface area contributed by atoms with Gasteiger partial charge in [0.15, 0.2) is 0 Å². The van der Waals surface area contributed by atoms with E-state index in [1.54, 1.807) is 42.7 Å². The first-order valence-electron chi connectivity index (χ1n) is 18.3. The third-order valence-electron chi connectivity index (χ3n) is 9.80. The minimum Gasteiger partial charge on any atom is -0.497 e. The Bertz CT molecular complexity index is 1900. The van der Waals surface area contributed by atoms with Crippen molar-refractivity contribution in [2.75, 3.05) is 42.7 Å². The van der Waals surface area contributed by atoms with Crippen LogP contribution in [0, 0.1) is 27.7 Å². The third kappa shape index (κ3) is 10.6.